The first-order valence-electron chi connectivity index (χ1n) is 5.46. The van der Waals surface area contributed by atoms with Crippen LogP contribution in [0.1, 0.15) is 24.8 Å². The maximum Gasteiger partial charge on any atom is 0.323 e. The third kappa shape index (κ3) is 2.41. The highest BCUT2D eigenvalue weighted by atomic mass is 35.5. The molecule has 0 spiro atoms. The highest BCUT2D eigenvalue weighted by Crippen LogP contribution is 2.33. The molecule has 2 N–H and O–H groups in total. The van der Waals surface area contributed by atoms with Gasteiger partial charge in [-0.05, 0) is 30.9 Å². The van der Waals surface area contributed by atoms with Crippen LogP contribution in [0.3, 0.4) is 0 Å². The van der Waals surface area contributed by atoms with Crippen LogP contribution in [0.2, 0.25) is 10.0 Å². The SMILES string of the molecule is O=C(O)C1(NCc2cccc(Cl)c2Cl)CCC1. The Balaban J connectivity index is 2.07. The largest absolute Gasteiger partial charge is 0.480 e. The lowest BCUT2D eigenvalue weighted by Gasteiger charge is -2.38. The number of carbonyl (C=O) groups is 1. The molecule has 5 heteroatoms. The molecule has 0 radical (unpaired) electrons. The van der Waals surface area contributed by atoms with Gasteiger partial charge in [-0.15, -0.1) is 0 Å². The zero-order valence-corrected chi connectivity index (χ0v) is 10.7. The predicted molar refractivity (Wildman–Crippen MR) is 67.5 cm³/mol. The Bertz CT molecular complexity index is 444. The van der Waals surface area contributed by atoms with Gasteiger partial charge in [-0.3, -0.25) is 10.1 Å². The van der Waals surface area contributed by atoms with Crippen molar-refractivity contribution in [2.75, 3.05) is 0 Å². The first-order chi connectivity index (χ1) is 8.05. The summed E-state index contributed by atoms with van der Waals surface area (Å²) < 4.78 is 0. The molecule has 92 valence electrons. The van der Waals surface area contributed by atoms with Crippen molar-refractivity contribution < 1.29 is 9.90 Å². The summed E-state index contributed by atoms with van der Waals surface area (Å²) in [4.78, 5) is 11.2. The van der Waals surface area contributed by atoms with Crippen LogP contribution in [-0.2, 0) is 11.3 Å². The van der Waals surface area contributed by atoms with Gasteiger partial charge in [0.2, 0.25) is 0 Å². The van der Waals surface area contributed by atoms with Crippen molar-refractivity contribution in [1.29, 1.82) is 0 Å². The number of aliphatic carboxylic acids is 1. The average Bonchev–Trinajstić information content (AvgIpc) is 2.22. The van der Waals surface area contributed by atoms with E-state index in [1.807, 2.05) is 6.07 Å². The molecule has 1 fully saturated rings. The van der Waals surface area contributed by atoms with Crippen molar-refractivity contribution in [3.05, 3.63) is 33.8 Å². The number of rotatable bonds is 4. The molecule has 3 nitrogen and oxygen atoms in total. The van der Waals surface area contributed by atoms with E-state index in [4.69, 9.17) is 28.3 Å². The van der Waals surface area contributed by atoms with Crippen molar-refractivity contribution in [3.63, 3.8) is 0 Å². The van der Waals surface area contributed by atoms with Gasteiger partial charge in [0.05, 0.1) is 10.0 Å². The van der Waals surface area contributed by atoms with E-state index in [1.165, 1.54) is 0 Å². The normalized spacial score (nSPS) is 17.5. The third-order valence-electron chi connectivity index (χ3n) is 3.27. The standard InChI is InChI=1S/C12H13Cl2NO2/c13-9-4-1-3-8(10(9)14)7-15-12(11(16)17)5-2-6-12/h1,3-4,15H,2,5-7H2,(H,16,17). The second-order valence-electron chi connectivity index (χ2n) is 4.31. The van der Waals surface area contributed by atoms with E-state index in [1.54, 1.807) is 12.1 Å². The molecule has 0 unspecified atom stereocenters. The van der Waals surface area contributed by atoms with Crippen LogP contribution in [0.25, 0.3) is 0 Å². The van der Waals surface area contributed by atoms with Gasteiger partial charge in [0.1, 0.15) is 5.54 Å². The van der Waals surface area contributed by atoms with Crippen LogP contribution in [0.4, 0.5) is 0 Å². The molecule has 2 rings (SSSR count). The lowest BCUT2D eigenvalue weighted by molar-refractivity contribution is -0.148. The number of carboxylic acids is 1. The summed E-state index contributed by atoms with van der Waals surface area (Å²) in [6.07, 6.45) is 2.28. The average molecular weight is 274 g/mol. The summed E-state index contributed by atoms with van der Waals surface area (Å²) in [6, 6.07) is 5.36. The van der Waals surface area contributed by atoms with E-state index in [0.717, 1.165) is 12.0 Å². The predicted octanol–water partition coefficient (Wildman–Crippen LogP) is 3.09. The quantitative estimate of drug-likeness (QED) is 0.887. The first kappa shape index (κ1) is 12.7. The van der Waals surface area contributed by atoms with Gasteiger partial charge in [-0.25, -0.2) is 0 Å². The Morgan fingerprint density at radius 1 is 1.41 bits per heavy atom. The second-order valence-corrected chi connectivity index (χ2v) is 5.09. The minimum atomic E-state index is -0.790. The van der Waals surface area contributed by atoms with Gasteiger partial charge >= 0.3 is 5.97 Å². The number of hydrogen-bond acceptors (Lipinski definition) is 2. The monoisotopic (exact) mass is 273 g/mol. The fourth-order valence-electron chi connectivity index (χ4n) is 1.95. The van der Waals surface area contributed by atoms with Crippen LogP contribution in [0.15, 0.2) is 18.2 Å². The molecular formula is C12H13Cl2NO2. The van der Waals surface area contributed by atoms with Crippen molar-refractivity contribution in [2.24, 2.45) is 0 Å². The van der Waals surface area contributed by atoms with Gasteiger partial charge in [-0.2, -0.15) is 0 Å². The summed E-state index contributed by atoms with van der Waals surface area (Å²) in [6.45, 7) is 0.422. The number of nitrogens with one attached hydrogen (secondary N) is 1. The topological polar surface area (TPSA) is 49.3 Å². The maximum atomic E-state index is 11.2. The number of benzene rings is 1. The lowest BCUT2D eigenvalue weighted by Crippen LogP contribution is -2.56. The summed E-state index contributed by atoms with van der Waals surface area (Å²) >= 11 is 11.9. The van der Waals surface area contributed by atoms with E-state index in [2.05, 4.69) is 5.32 Å². The highest BCUT2D eigenvalue weighted by Gasteiger charge is 2.43. The van der Waals surface area contributed by atoms with Crippen LogP contribution >= 0.6 is 23.2 Å². The Labute approximate surface area is 110 Å². The molecule has 1 aromatic carbocycles. The van der Waals surface area contributed by atoms with Gasteiger partial charge in [0, 0.05) is 6.54 Å². The van der Waals surface area contributed by atoms with Crippen molar-refractivity contribution in [1.82, 2.24) is 5.32 Å². The van der Waals surface area contributed by atoms with E-state index in [9.17, 15) is 4.79 Å². The van der Waals surface area contributed by atoms with Crippen LogP contribution in [0, 0.1) is 0 Å². The van der Waals surface area contributed by atoms with E-state index < -0.39 is 11.5 Å². The third-order valence-corrected chi connectivity index (χ3v) is 4.12. The zero-order valence-electron chi connectivity index (χ0n) is 9.17. The summed E-state index contributed by atoms with van der Waals surface area (Å²) in [7, 11) is 0. The molecule has 0 aliphatic heterocycles. The van der Waals surface area contributed by atoms with Crippen molar-refractivity contribution in [2.45, 2.75) is 31.3 Å². The molecule has 0 amide bonds. The smallest absolute Gasteiger partial charge is 0.323 e. The van der Waals surface area contributed by atoms with E-state index >= 15 is 0 Å². The summed E-state index contributed by atoms with van der Waals surface area (Å²) in [5.41, 5.74) is 0.0535. The molecule has 17 heavy (non-hydrogen) atoms. The Morgan fingerprint density at radius 2 is 2.12 bits per heavy atom. The fourth-order valence-corrected chi connectivity index (χ4v) is 2.33. The minimum Gasteiger partial charge on any atom is -0.480 e. The van der Waals surface area contributed by atoms with Gasteiger partial charge in [-0.1, -0.05) is 35.3 Å². The fraction of sp³-hybridized carbons (Fsp3) is 0.417. The summed E-state index contributed by atoms with van der Waals surface area (Å²) in [5, 5.41) is 13.2. The molecule has 0 aromatic heterocycles. The van der Waals surface area contributed by atoms with E-state index in [0.29, 0.717) is 29.4 Å². The van der Waals surface area contributed by atoms with Gasteiger partial charge in [0.15, 0.2) is 0 Å². The van der Waals surface area contributed by atoms with Crippen LogP contribution in [-0.4, -0.2) is 16.6 Å². The minimum absolute atomic E-state index is 0.422. The number of carboxylic acid groups (broad SMARTS) is 1. The molecule has 1 aromatic rings. The first-order valence-corrected chi connectivity index (χ1v) is 6.22. The Morgan fingerprint density at radius 3 is 2.65 bits per heavy atom. The lowest BCUT2D eigenvalue weighted by atomic mass is 9.76. The Hall–Kier alpha value is -0.770. The van der Waals surface area contributed by atoms with Crippen LogP contribution in [0.5, 0.6) is 0 Å². The molecule has 0 bridgehead atoms. The van der Waals surface area contributed by atoms with Gasteiger partial charge in [0.25, 0.3) is 0 Å². The second kappa shape index (κ2) is 4.84. The number of halogens is 2. The molecule has 1 saturated carbocycles. The van der Waals surface area contributed by atoms with Gasteiger partial charge < -0.3 is 5.11 Å². The van der Waals surface area contributed by atoms with Crippen LogP contribution < -0.4 is 5.32 Å². The maximum absolute atomic E-state index is 11.2. The number of hydrogen-bond donors (Lipinski definition) is 2. The molecule has 0 heterocycles. The molecule has 1 aliphatic carbocycles. The molecule has 0 saturated heterocycles. The van der Waals surface area contributed by atoms with E-state index in [-0.39, 0.29) is 0 Å². The molecular weight excluding hydrogens is 261 g/mol. The van der Waals surface area contributed by atoms with Crippen molar-refractivity contribution in [3.8, 4) is 0 Å². The molecule has 0 atom stereocenters. The zero-order chi connectivity index (χ0) is 12.5. The molecule has 1 aliphatic rings. The van der Waals surface area contributed by atoms with Crippen molar-refractivity contribution >= 4 is 29.2 Å². The summed E-state index contributed by atoms with van der Waals surface area (Å²) in [5.74, 6) is -0.790. The Kier molecular flexibility index (Phi) is 3.61. The highest BCUT2D eigenvalue weighted by molar-refractivity contribution is 6.42.